The van der Waals surface area contributed by atoms with Gasteiger partial charge in [-0.25, -0.2) is 4.98 Å². The van der Waals surface area contributed by atoms with Crippen molar-refractivity contribution in [2.75, 3.05) is 23.3 Å². The van der Waals surface area contributed by atoms with E-state index in [1.807, 2.05) is 6.07 Å². The van der Waals surface area contributed by atoms with E-state index in [0.717, 1.165) is 30.2 Å². The number of nitrogens with two attached hydrogens (primary N) is 1. The van der Waals surface area contributed by atoms with E-state index in [1.165, 1.54) is 30.5 Å². The van der Waals surface area contributed by atoms with Gasteiger partial charge in [-0.3, -0.25) is 9.89 Å². The third kappa shape index (κ3) is 4.11. The van der Waals surface area contributed by atoms with Crippen molar-refractivity contribution < 1.29 is 18.3 Å². The van der Waals surface area contributed by atoms with Gasteiger partial charge in [-0.2, -0.15) is 5.10 Å². The molecule has 0 radical (unpaired) electrons. The van der Waals surface area contributed by atoms with Crippen LogP contribution in [0.15, 0.2) is 48.8 Å². The van der Waals surface area contributed by atoms with Crippen LogP contribution in [0.1, 0.15) is 10.4 Å². The molecule has 1 aliphatic carbocycles. The number of aromatic amines is 1. The number of rotatable bonds is 6. The summed E-state index contributed by atoms with van der Waals surface area (Å²) in [4.78, 5) is 19.6. The third-order valence-electron chi connectivity index (χ3n) is 5.83. The lowest BCUT2D eigenvalue weighted by Crippen LogP contribution is -2.29. The lowest BCUT2D eigenvalue weighted by atomic mass is 10.1. The first-order chi connectivity index (χ1) is 15.3. The molecule has 4 N–H and O–H groups in total. The number of amides is 1. The molecule has 2 aromatic heterocycles. The maximum Gasteiger partial charge on any atom is 0.487 e. The summed E-state index contributed by atoms with van der Waals surface area (Å²) in [6.45, 7) is 1.67. The lowest BCUT2D eigenvalue weighted by molar-refractivity contribution is -0.0964. The number of benzene rings is 1. The summed E-state index contributed by atoms with van der Waals surface area (Å²) < 4.78 is 29.7. The monoisotopic (exact) mass is 460 g/mol. The fourth-order valence-corrected chi connectivity index (χ4v) is 4.22. The number of nitrogens with zero attached hydrogens (tertiary/aromatic N) is 3. The summed E-state index contributed by atoms with van der Waals surface area (Å²) >= 11 is 4.76. The van der Waals surface area contributed by atoms with Gasteiger partial charge in [0.25, 0.3) is 5.91 Å². The second-order valence-corrected chi connectivity index (χ2v) is 8.34. The second kappa shape index (κ2) is 7.72. The molecule has 1 saturated heterocycles. The Labute approximate surface area is 186 Å². The Balaban J connectivity index is 1.35. The molecular weight excluding hydrogens is 442 g/mol. The van der Waals surface area contributed by atoms with Crippen molar-refractivity contribution in [3.05, 3.63) is 54.4 Å². The molecule has 1 aromatic carbocycles. The minimum atomic E-state index is -3.80. The van der Waals surface area contributed by atoms with Crippen LogP contribution in [0.3, 0.4) is 0 Å². The summed E-state index contributed by atoms with van der Waals surface area (Å²) in [5, 5.41) is 9.66. The first kappa shape index (κ1) is 20.7. The van der Waals surface area contributed by atoms with Gasteiger partial charge in [-0.1, -0.05) is 0 Å². The largest absolute Gasteiger partial charge is 0.487 e. The zero-order valence-electron chi connectivity index (χ0n) is 16.6. The Morgan fingerprint density at radius 2 is 1.97 bits per heavy atom. The quantitative estimate of drug-likeness (QED) is 0.487. The number of H-pyrrole nitrogens is 1. The van der Waals surface area contributed by atoms with Crippen molar-refractivity contribution >= 4 is 29.0 Å². The van der Waals surface area contributed by atoms with Gasteiger partial charge in [0.2, 0.25) is 0 Å². The summed E-state index contributed by atoms with van der Waals surface area (Å²) in [6.07, 6.45) is 3.15. The fourth-order valence-electron chi connectivity index (χ4n) is 4.13. The minimum Gasteiger partial charge on any atom is -0.420 e. The van der Waals surface area contributed by atoms with Crippen LogP contribution in [-0.4, -0.2) is 45.8 Å². The molecule has 0 spiro atoms. The Hall–Kier alpha value is -3.24. The highest BCUT2D eigenvalue weighted by atomic mass is 35.5. The number of alkyl halides is 3. The van der Waals surface area contributed by atoms with E-state index in [-0.39, 0.29) is 11.8 Å². The second-order valence-electron chi connectivity index (χ2n) is 7.90. The molecule has 166 valence electrons. The molecule has 3 aromatic rings. The maximum atomic E-state index is 12.8. The van der Waals surface area contributed by atoms with Crippen LogP contribution in [0.4, 0.5) is 20.3 Å². The number of pyridine rings is 1. The molecule has 1 aliphatic heterocycles. The highest BCUT2D eigenvalue weighted by Gasteiger charge is 2.54. The molecule has 3 heterocycles. The lowest BCUT2D eigenvalue weighted by Gasteiger charge is -2.23. The van der Waals surface area contributed by atoms with Crippen molar-refractivity contribution in [1.29, 1.82) is 0 Å². The van der Waals surface area contributed by atoms with Crippen molar-refractivity contribution in [3.63, 3.8) is 0 Å². The summed E-state index contributed by atoms with van der Waals surface area (Å²) in [6, 6.07) is 9.27. The fraction of sp³-hybridized carbons (Fsp3) is 0.286. The van der Waals surface area contributed by atoms with Gasteiger partial charge < -0.3 is 20.7 Å². The highest BCUT2D eigenvalue weighted by molar-refractivity contribution is 6.20. The summed E-state index contributed by atoms with van der Waals surface area (Å²) in [7, 11) is 0. The molecule has 3 atom stereocenters. The van der Waals surface area contributed by atoms with Gasteiger partial charge in [0.1, 0.15) is 11.6 Å². The van der Waals surface area contributed by atoms with Gasteiger partial charge in [-0.15, -0.1) is 8.78 Å². The SMILES string of the molecule is N[C@@H]1[C@H]2CN(c3ncc(C(=O)Nc4ccc(OC(F)(F)Cl)cc4)cc3-c3ccn[nH]3)C[C@@H]12. The van der Waals surface area contributed by atoms with Crippen LogP contribution in [0.2, 0.25) is 0 Å². The first-order valence-electron chi connectivity index (χ1n) is 9.96. The van der Waals surface area contributed by atoms with Gasteiger partial charge >= 0.3 is 5.57 Å². The smallest absolute Gasteiger partial charge is 0.420 e. The number of nitrogens with one attached hydrogen (secondary N) is 2. The van der Waals surface area contributed by atoms with Crippen LogP contribution in [-0.2, 0) is 0 Å². The summed E-state index contributed by atoms with van der Waals surface area (Å²) in [5.41, 5.74) is 4.50. The maximum absolute atomic E-state index is 12.8. The zero-order chi connectivity index (χ0) is 22.5. The number of carbonyl (C=O) groups excluding carboxylic acids is 1. The third-order valence-corrected chi connectivity index (χ3v) is 5.90. The first-order valence-corrected chi connectivity index (χ1v) is 10.3. The highest BCUT2D eigenvalue weighted by Crippen LogP contribution is 2.46. The standard InChI is InChI=1S/C21H19ClF2N6O2/c22-21(23,24)32-13-3-1-12(2-4-13)28-20(31)11-7-14(17-5-6-27-29-17)19(26-8-11)30-9-15-16(10-30)18(15)25/h1-8,15-16,18H,9-10,25H2,(H,27,29)(H,28,31)/t15-,16+,18+. The van der Waals surface area contributed by atoms with E-state index in [2.05, 4.69) is 30.1 Å². The van der Waals surface area contributed by atoms with Crippen LogP contribution in [0.5, 0.6) is 5.75 Å². The molecule has 2 aliphatic rings. The van der Waals surface area contributed by atoms with Crippen molar-refractivity contribution in [2.45, 2.75) is 11.6 Å². The van der Waals surface area contributed by atoms with E-state index in [0.29, 0.717) is 23.1 Å². The van der Waals surface area contributed by atoms with E-state index < -0.39 is 11.5 Å². The van der Waals surface area contributed by atoms with E-state index in [9.17, 15) is 13.6 Å². The predicted octanol–water partition coefficient (Wildman–Crippen LogP) is 3.29. The molecular formula is C21H19ClF2N6O2. The normalized spacial score (nSPS) is 21.9. The molecule has 5 rings (SSSR count). The number of piperidine rings is 1. The van der Waals surface area contributed by atoms with Crippen molar-refractivity contribution in [3.8, 4) is 17.0 Å². The van der Waals surface area contributed by atoms with Gasteiger partial charge in [-0.05, 0) is 48.2 Å². The van der Waals surface area contributed by atoms with E-state index in [1.54, 1.807) is 12.3 Å². The average Bonchev–Trinajstić information content (AvgIpc) is 3.20. The average molecular weight is 461 g/mol. The van der Waals surface area contributed by atoms with Crippen LogP contribution >= 0.6 is 11.6 Å². The number of fused-ring (bicyclic) bond motifs is 1. The molecule has 11 heteroatoms. The predicted molar refractivity (Wildman–Crippen MR) is 115 cm³/mol. The number of ether oxygens (including phenoxy) is 1. The van der Waals surface area contributed by atoms with Crippen LogP contribution < -0.4 is 20.7 Å². The van der Waals surface area contributed by atoms with Gasteiger partial charge in [0, 0.05) is 54.4 Å². The Bertz CT molecular complexity index is 1120. The van der Waals surface area contributed by atoms with Gasteiger partial charge in [0.15, 0.2) is 0 Å². The van der Waals surface area contributed by atoms with E-state index >= 15 is 0 Å². The number of hydrogen-bond acceptors (Lipinski definition) is 6. The Morgan fingerprint density at radius 3 is 2.59 bits per heavy atom. The Kier molecular flexibility index (Phi) is 4.98. The number of anilines is 2. The van der Waals surface area contributed by atoms with Crippen LogP contribution in [0.25, 0.3) is 11.3 Å². The number of halogens is 3. The van der Waals surface area contributed by atoms with Crippen molar-refractivity contribution in [2.24, 2.45) is 17.6 Å². The molecule has 1 amide bonds. The molecule has 2 fully saturated rings. The molecule has 1 saturated carbocycles. The van der Waals surface area contributed by atoms with E-state index in [4.69, 9.17) is 17.3 Å². The molecule has 8 nitrogen and oxygen atoms in total. The van der Waals surface area contributed by atoms with Crippen molar-refractivity contribution in [1.82, 2.24) is 15.2 Å². The zero-order valence-corrected chi connectivity index (χ0v) is 17.4. The van der Waals surface area contributed by atoms with Crippen LogP contribution in [0, 0.1) is 11.8 Å². The topological polar surface area (TPSA) is 109 Å². The number of aromatic nitrogens is 3. The number of carbonyl (C=O) groups is 1. The number of hydrogen-bond donors (Lipinski definition) is 3. The summed E-state index contributed by atoms with van der Waals surface area (Å²) in [5.74, 6) is 1.22. The molecule has 32 heavy (non-hydrogen) atoms. The minimum absolute atomic E-state index is 0.126. The molecule has 0 bridgehead atoms. The van der Waals surface area contributed by atoms with Gasteiger partial charge in [0.05, 0.1) is 11.3 Å². The molecule has 0 unspecified atom stereocenters. The Morgan fingerprint density at radius 1 is 1.25 bits per heavy atom.